The van der Waals surface area contributed by atoms with Crippen molar-refractivity contribution in [3.05, 3.63) is 11.9 Å². The molecule has 120 valence electrons. The predicted octanol–water partition coefficient (Wildman–Crippen LogP) is 3.83. The molecule has 0 saturated carbocycles. The van der Waals surface area contributed by atoms with Crippen molar-refractivity contribution >= 4 is 11.6 Å². The molecule has 1 rings (SSSR count). The molecule has 1 heterocycles. The molecule has 0 aliphatic rings. The van der Waals surface area contributed by atoms with Gasteiger partial charge < -0.3 is 15.4 Å². The monoisotopic (exact) mass is 294 g/mol. The Labute approximate surface area is 128 Å². The summed E-state index contributed by atoms with van der Waals surface area (Å²) in [6.45, 7) is 7.53. The van der Waals surface area contributed by atoms with E-state index in [0.29, 0.717) is 25.1 Å². The van der Waals surface area contributed by atoms with Crippen LogP contribution in [0.2, 0.25) is 0 Å². The van der Waals surface area contributed by atoms with Crippen molar-refractivity contribution in [2.24, 2.45) is 0 Å². The van der Waals surface area contributed by atoms with E-state index in [0.717, 1.165) is 11.6 Å². The van der Waals surface area contributed by atoms with Gasteiger partial charge in [-0.3, -0.25) is 0 Å². The number of nitrogens with one attached hydrogen (secondary N) is 2. The van der Waals surface area contributed by atoms with Gasteiger partial charge in [-0.25, -0.2) is 9.97 Å². The second kappa shape index (κ2) is 10.4. The zero-order valence-electron chi connectivity index (χ0n) is 13.9. The minimum atomic E-state index is 0.418. The van der Waals surface area contributed by atoms with E-state index in [4.69, 9.17) is 4.74 Å². The summed E-state index contributed by atoms with van der Waals surface area (Å²) in [4.78, 5) is 8.91. The predicted molar refractivity (Wildman–Crippen MR) is 88.8 cm³/mol. The molecule has 0 fully saturated rings. The topological polar surface area (TPSA) is 59.1 Å². The fourth-order valence-corrected chi connectivity index (χ4v) is 2.16. The number of aromatic nitrogens is 2. The molecule has 0 aromatic carbocycles. The van der Waals surface area contributed by atoms with Gasteiger partial charge in [0.15, 0.2) is 5.82 Å². The lowest BCUT2D eigenvalue weighted by atomic mass is 10.1. The number of ether oxygens (including phenoxy) is 1. The van der Waals surface area contributed by atoms with Crippen LogP contribution in [0.15, 0.2) is 6.07 Å². The van der Waals surface area contributed by atoms with Gasteiger partial charge in [-0.2, -0.15) is 0 Å². The SMILES string of the molecule is CCCCCCC(C)Nc1cc(NC)nc(COCC)n1. The van der Waals surface area contributed by atoms with Crippen molar-refractivity contribution in [3.63, 3.8) is 0 Å². The second-order valence-electron chi connectivity index (χ2n) is 5.34. The van der Waals surface area contributed by atoms with E-state index < -0.39 is 0 Å². The summed E-state index contributed by atoms with van der Waals surface area (Å²) in [6, 6.07) is 2.36. The maximum absolute atomic E-state index is 5.39. The van der Waals surface area contributed by atoms with E-state index in [1.165, 1.54) is 32.1 Å². The largest absolute Gasteiger partial charge is 0.374 e. The Morgan fingerprint density at radius 1 is 1.14 bits per heavy atom. The minimum absolute atomic E-state index is 0.418. The summed E-state index contributed by atoms with van der Waals surface area (Å²) in [5.41, 5.74) is 0. The molecule has 21 heavy (non-hydrogen) atoms. The summed E-state index contributed by atoms with van der Waals surface area (Å²) in [5.74, 6) is 2.40. The van der Waals surface area contributed by atoms with Crippen LogP contribution in [0, 0.1) is 0 Å². The van der Waals surface area contributed by atoms with E-state index in [1.54, 1.807) is 0 Å². The van der Waals surface area contributed by atoms with Crippen LogP contribution in [-0.2, 0) is 11.3 Å². The Kier molecular flexibility index (Phi) is 8.74. The number of hydrogen-bond acceptors (Lipinski definition) is 5. The molecule has 0 radical (unpaired) electrons. The van der Waals surface area contributed by atoms with Crippen molar-refractivity contribution in [2.45, 2.75) is 65.5 Å². The molecule has 0 saturated heterocycles. The van der Waals surface area contributed by atoms with Crippen molar-refractivity contribution < 1.29 is 4.74 Å². The van der Waals surface area contributed by atoms with Gasteiger partial charge in [0.25, 0.3) is 0 Å². The molecule has 5 heteroatoms. The number of hydrogen-bond donors (Lipinski definition) is 2. The zero-order chi connectivity index (χ0) is 15.5. The summed E-state index contributed by atoms with van der Waals surface area (Å²) >= 11 is 0. The highest BCUT2D eigenvalue weighted by Gasteiger charge is 2.07. The molecule has 1 aromatic rings. The van der Waals surface area contributed by atoms with Crippen molar-refractivity contribution in [1.82, 2.24) is 9.97 Å². The summed E-state index contributed by atoms with van der Waals surface area (Å²) in [6.07, 6.45) is 6.34. The maximum atomic E-state index is 5.39. The highest BCUT2D eigenvalue weighted by Crippen LogP contribution is 2.15. The molecular weight excluding hydrogens is 264 g/mol. The summed E-state index contributed by atoms with van der Waals surface area (Å²) in [5, 5.41) is 6.53. The second-order valence-corrected chi connectivity index (χ2v) is 5.34. The normalized spacial score (nSPS) is 12.2. The third kappa shape index (κ3) is 7.27. The molecule has 0 aliphatic carbocycles. The zero-order valence-corrected chi connectivity index (χ0v) is 13.9. The molecule has 1 unspecified atom stereocenters. The first kappa shape index (κ1) is 17.7. The minimum Gasteiger partial charge on any atom is -0.374 e. The van der Waals surface area contributed by atoms with Crippen molar-refractivity contribution in [2.75, 3.05) is 24.3 Å². The molecule has 0 spiro atoms. The molecular formula is C16H30N4O. The van der Waals surface area contributed by atoms with Crippen LogP contribution in [0.4, 0.5) is 11.6 Å². The molecule has 0 amide bonds. The van der Waals surface area contributed by atoms with Crippen LogP contribution < -0.4 is 10.6 Å². The Hall–Kier alpha value is -1.36. The fourth-order valence-electron chi connectivity index (χ4n) is 2.16. The quantitative estimate of drug-likeness (QED) is 0.607. The third-order valence-electron chi connectivity index (χ3n) is 3.35. The van der Waals surface area contributed by atoms with E-state index in [1.807, 2.05) is 20.0 Å². The number of rotatable bonds is 11. The summed E-state index contributed by atoms with van der Waals surface area (Å²) < 4.78 is 5.39. The lowest BCUT2D eigenvalue weighted by molar-refractivity contribution is 0.128. The molecule has 5 nitrogen and oxygen atoms in total. The maximum Gasteiger partial charge on any atom is 0.158 e. The van der Waals surface area contributed by atoms with Gasteiger partial charge in [-0.05, 0) is 20.3 Å². The van der Waals surface area contributed by atoms with Gasteiger partial charge in [0.2, 0.25) is 0 Å². The molecule has 2 N–H and O–H groups in total. The van der Waals surface area contributed by atoms with E-state index in [-0.39, 0.29) is 0 Å². The Balaban J connectivity index is 2.55. The Morgan fingerprint density at radius 3 is 2.57 bits per heavy atom. The fraction of sp³-hybridized carbons (Fsp3) is 0.750. The van der Waals surface area contributed by atoms with Crippen LogP contribution in [-0.4, -0.2) is 29.7 Å². The van der Waals surface area contributed by atoms with Gasteiger partial charge in [-0.1, -0.05) is 32.6 Å². The van der Waals surface area contributed by atoms with Crippen LogP contribution in [0.5, 0.6) is 0 Å². The van der Waals surface area contributed by atoms with Crippen molar-refractivity contribution in [3.8, 4) is 0 Å². The molecule has 1 atom stereocenters. The molecule has 1 aromatic heterocycles. The van der Waals surface area contributed by atoms with Gasteiger partial charge in [0.1, 0.15) is 18.2 Å². The first-order valence-electron chi connectivity index (χ1n) is 8.09. The van der Waals surface area contributed by atoms with Crippen LogP contribution in [0.25, 0.3) is 0 Å². The first-order valence-corrected chi connectivity index (χ1v) is 8.09. The lowest BCUT2D eigenvalue weighted by Crippen LogP contribution is -2.17. The van der Waals surface area contributed by atoms with Crippen LogP contribution >= 0.6 is 0 Å². The standard InChI is InChI=1S/C16H30N4O/c1-5-7-8-9-10-13(3)18-15-11-14(17-4)19-16(20-15)12-21-6-2/h11,13H,5-10,12H2,1-4H3,(H2,17,18,19,20). The summed E-state index contributed by atoms with van der Waals surface area (Å²) in [7, 11) is 1.87. The first-order chi connectivity index (χ1) is 10.2. The molecule has 0 aliphatic heterocycles. The number of unbranched alkanes of at least 4 members (excludes halogenated alkanes) is 3. The molecule has 0 bridgehead atoms. The highest BCUT2D eigenvalue weighted by molar-refractivity contribution is 5.47. The van der Waals surface area contributed by atoms with Gasteiger partial charge >= 0.3 is 0 Å². The third-order valence-corrected chi connectivity index (χ3v) is 3.35. The Bertz CT molecular complexity index is 398. The smallest absolute Gasteiger partial charge is 0.158 e. The van der Waals surface area contributed by atoms with Crippen molar-refractivity contribution in [1.29, 1.82) is 0 Å². The van der Waals surface area contributed by atoms with E-state index in [9.17, 15) is 0 Å². The van der Waals surface area contributed by atoms with Gasteiger partial charge in [0.05, 0.1) is 0 Å². The average Bonchev–Trinajstić information content (AvgIpc) is 2.49. The highest BCUT2D eigenvalue weighted by atomic mass is 16.5. The number of nitrogens with zero attached hydrogens (tertiary/aromatic N) is 2. The lowest BCUT2D eigenvalue weighted by Gasteiger charge is -2.16. The Morgan fingerprint density at radius 2 is 1.90 bits per heavy atom. The van der Waals surface area contributed by atoms with E-state index >= 15 is 0 Å². The van der Waals surface area contributed by atoms with Crippen LogP contribution in [0.1, 0.15) is 58.7 Å². The average molecular weight is 294 g/mol. The van der Waals surface area contributed by atoms with Gasteiger partial charge in [-0.15, -0.1) is 0 Å². The van der Waals surface area contributed by atoms with Crippen LogP contribution in [0.3, 0.4) is 0 Å². The van der Waals surface area contributed by atoms with Gasteiger partial charge in [0, 0.05) is 25.8 Å². The van der Waals surface area contributed by atoms with E-state index in [2.05, 4.69) is 34.4 Å². The number of anilines is 2.